The number of carboxylic acid groups (broad SMARTS) is 1. The summed E-state index contributed by atoms with van der Waals surface area (Å²) < 4.78 is 4.92. The predicted molar refractivity (Wildman–Crippen MR) is 68.2 cm³/mol. The summed E-state index contributed by atoms with van der Waals surface area (Å²) >= 11 is 0. The quantitative estimate of drug-likeness (QED) is 0.597. The number of carbonyl (C=O) groups is 2. The summed E-state index contributed by atoms with van der Waals surface area (Å²) in [7, 11) is 0. The summed E-state index contributed by atoms with van der Waals surface area (Å²) in [6, 6.07) is 6.56. The van der Waals surface area contributed by atoms with Crippen LogP contribution in [0.2, 0.25) is 0 Å². The molecule has 0 saturated carbocycles. The van der Waals surface area contributed by atoms with Crippen molar-refractivity contribution in [2.75, 3.05) is 0 Å². The van der Waals surface area contributed by atoms with Gasteiger partial charge in [-0.05, 0) is 12.5 Å². The van der Waals surface area contributed by atoms with Gasteiger partial charge in [0.15, 0.2) is 0 Å². The molecule has 1 aromatic carbocycles. The van der Waals surface area contributed by atoms with Gasteiger partial charge in [-0.3, -0.25) is 0 Å². The van der Waals surface area contributed by atoms with Crippen LogP contribution in [0.15, 0.2) is 30.3 Å². The van der Waals surface area contributed by atoms with E-state index in [4.69, 9.17) is 10.5 Å². The van der Waals surface area contributed by atoms with Gasteiger partial charge in [0.05, 0.1) is 24.2 Å². The second kappa shape index (κ2) is 7.46. The number of benzene rings is 1. The molecule has 0 aromatic heterocycles. The highest BCUT2D eigenvalue weighted by atomic mass is 16.5. The van der Waals surface area contributed by atoms with Crippen molar-refractivity contribution >= 4 is 12.1 Å². The van der Waals surface area contributed by atoms with Gasteiger partial charge in [0.25, 0.3) is 0 Å². The zero-order valence-corrected chi connectivity index (χ0v) is 11.0. The molecule has 0 fully saturated rings. The van der Waals surface area contributed by atoms with Crippen molar-refractivity contribution in [1.82, 2.24) is 5.32 Å². The van der Waals surface area contributed by atoms with Crippen LogP contribution in [-0.4, -0.2) is 35.4 Å². The number of aliphatic carboxylic acids is 1. The third kappa shape index (κ3) is 4.87. The van der Waals surface area contributed by atoms with Crippen molar-refractivity contribution in [1.29, 1.82) is 0 Å². The lowest BCUT2D eigenvalue weighted by atomic mass is 10.1. The van der Waals surface area contributed by atoms with Crippen molar-refractivity contribution in [3.63, 3.8) is 0 Å². The lowest BCUT2D eigenvalue weighted by Gasteiger charge is -2.25. The van der Waals surface area contributed by atoms with E-state index in [2.05, 4.69) is 5.32 Å². The number of amides is 1. The van der Waals surface area contributed by atoms with E-state index < -0.39 is 30.3 Å². The summed E-state index contributed by atoms with van der Waals surface area (Å²) in [5, 5.41) is 22.4. The maximum atomic E-state index is 11.5. The number of nitrogens with two attached hydrogens (primary N) is 1. The third-order valence-corrected chi connectivity index (χ3v) is 2.71. The number of aliphatic hydroxyl groups excluding tert-OH is 1. The van der Waals surface area contributed by atoms with E-state index in [1.165, 1.54) is 6.92 Å². The number of carbonyl (C=O) groups excluding carboxylic acids is 2. The summed E-state index contributed by atoms with van der Waals surface area (Å²) in [6.45, 7) is 1.49. The smallest absolute Gasteiger partial charge is 0.407 e. The molecule has 0 radical (unpaired) electrons. The number of alkyl carbamates (subject to hydrolysis) is 1. The molecule has 3 atom stereocenters. The van der Waals surface area contributed by atoms with Crippen molar-refractivity contribution in [2.24, 2.45) is 5.73 Å². The first-order valence-electron chi connectivity index (χ1n) is 6.03. The molecule has 0 saturated heterocycles. The number of aliphatic hydroxyl groups is 1. The maximum absolute atomic E-state index is 11.5. The Bertz CT molecular complexity index is 451. The maximum Gasteiger partial charge on any atom is 0.407 e. The fourth-order valence-electron chi connectivity index (χ4n) is 1.49. The summed E-state index contributed by atoms with van der Waals surface area (Å²) in [5.74, 6) is -1.59. The molecular formula is C13H17N2O5-. The SMILES string of the molecule is C[C@@H](NC(=O)OCc1ccccc1)[C@H](O)[C@@H](N)C(=O)[O-]. The van der Waals surface area contributed by atoms with Crippen LogP contribution in [0.1, 0.15) is 12.5 Å². The van der Waals surface area contributed by atoms with Gasteiger partial charge in [0.1, 0.15) is 6.61 Å². The van der Waals surface area contributed by atoms with E-state index >= 15 is 0 Å². The molecule has 0 heterocycles. The van der Waals surface area contributed by atoms with Gasteiger partial charge in [-0.25, -0.2) is 4.79 Å². The molecule has 20 heavy (non-hydrogen) atoms. The second-order valence-electron chi connectivity index (χ2n) is 4.33. The minimum absolute atomic E-state index is 0.0715. The van der Waals surface area contributed by atoms with Gasteiger partial charge in [-0.15, -0.1) is 0 Å². The van der Waals surface area contributed by atoms with Crippen LogP contribution >= 0.6 is 0 Å². The Kier molecular flexibility index (Phi) is 5.95. The molecule has 0 aliphatic rings. The fraction of sp³-hybridized carbons (Fsp3) is 0.385. The van der Waals surface area contributed by atoms with Crippen LogP contribution in [-0.2, 0) is 16.1 Å². The first-order chi connectivity index (χ1) is 9.41. The molecule has 0 unspecified atom stereocenters. The molecular weight excluding hydrogens is 264 g/mol. The number of ether oxygens (including phenoxy) is 1. The van der Waals surface area contributed by atoms with E-state index in [1.54, 1.807) is 12.1 Å². The van der Waals surface area contributed by atoms with Crippen LogP contribution in [0.25, 0.3) is 0 Å². The Morgan fingerprint density at radius 1 is 1.40 bits per heavy atom. The molecule has 0 aliphatic carbocycles. The monoisotopic (exact) mass is 281 g/mol. The Morgan fingerprint density at radius 2 is 2.00 bits per heavy atom. The van der Waals surface area contributed by atoms with Gasteiger partial charge in [-0.2, -0.15) is 0 Å². The van der Waals surface area contributed by atoms with Gasteiger partial charge >= 0.3 is 6.09 Å². The number of nitrogens with one attached hydrogen (secondary N) is 1. The zero-order chi connectivity index (χ0) is 15.1. The Morgan fingerprint density at radius 3 is 2.55 bits per heavy atom. The van der Waals surface area contributed by atoms with Gasteiger partial charge < -0.3 is 30.8 Å². The zero-order valence-electron chi connectivity index (χ0n) is 11.0. The third-order valence-electron chi connectivity index (χ3n) is 2.71. The van der Waals surface area contributed by atoms with Crippen molar-refractivity contribution < 1.29 is 24.5 Å². The minimum Gasteiger partial charge on any atom is -0.548 e. The number of hydrogen-bond acceptors (Lipinski definition) is 6. The molecule has 1 rings (SSSR count). The molecule has 4 N–H and O–H groups in total. The second-order valence-corrected chi connectivity index (χ2v) is 4.33. The van der Waals surface area contributed by atoms with Crippen LogP contribution in [0.3, 0.4) is 0 Å². The van der Waals surface area contributed by atoms with Crippen LogP contribution < -0.4 is 16.2 Å². The van der Waals surface area contributed by atoms with Crippen LogP contribution in [0.5, 0.6) is 0 Å². The van der Waals surface area contributed by atoms with E-state index in [9.17, 15) is 19.8 Å². The largest absolute Gasteiger partial charge is 0.548 e. The molecule has 1 aromatic rings. The topological polar surface area (TPSA) is 125 Å². The molecule has 0 bridgehead atoms. The molecule has 0 aliphatic heterocycles. The highest BCUT2D eigenvalue weighted by Crippen LogP contribution is 2.02. The molecule has 0 spiro atoms. The molecule has 7 heteroatoms. The first-order valence-corrected chi connectivity index (χ1v) is 6.03. The summed E-state index contributed by atoms with van der Waals surface area (Å²) in [5.41, 5.74) is 6.01. The Balaban J connectivity index is 2.40. The average Bonchev–Trinajstić information content (AvgIpc) is 2.44. The Labute approximate surface area is 116 Å². The standard InChI is InChI=1S/C13H18N2O5/c1-8(11(16)10(14)12(17)18)15-13(19)20-7-9-5-3-2-4-6-9/h2-6,8,10-11,16H,7,14H2,1H3,(H,15,19)(H,17,18)/p-1/t8-,10-,11+/m1/s1. The van der Waals surface area contributed by atoms with E-state index in [0.717, 1.165) is 5.56 Å². The van der Waals surface area contributed by atoms with Gasteiger partial charge in [-0.1, -0.05) is 30.3 Å². The van der Waals surface area contributed by atoms with Crippen molar-refractivity contribution in [3.05, 3.63) is 35.9 Å². The predicted octanol–water partition coefficient (Wildman–Crippen LogP) is -1.26. The minimum atomic E-state index is -1.59. The van der Waals surface area contributed by atoms with Crippen molar-refractivity contribution in [3.8, 4) is 0 Å². The number of carboxylic acids is 1. The molecule has 1 amide bonds. The van der Waals surface area contributed by atoms with Gasteiger partial charge in [0, 0.05) is 0 Å². The molecule has 110 valence electrons. The normalized spacial score (nSPS) is 14.9. The average molecular weight is 281 g/mol. The highest BCUT2D eigenvalue weighted by Gasteiger charge is 2.24. The van der Waals surface area contributed by atoms with E-state index in [1.807, 2.05) is 18.2 Å². The summed E-state index contributed by atoms with van der Waals surface area (Å²) in [4.78, 5) is 22.0. The molecule has 7 nitrogen and oxygen atoms in total. The van der Waals surface area contributed by atoms with Crippen LogP contribution in [0.4, 0.5) is 4.79 Å². The lowest BCUT2D eigenvalue weighted by molar-refractivity contribution is -0.309. The first kappa shape index (κ1) is 15.9. The summed E-state index contributed by atoms with van der Waals surface area (Å²) in [6.07, 6.45) is -2.24. The number of rotatable bonds is 6. The lowest BCUT2D eigenvalue weighted by Crippen LogP contribution is -2.56. The fourth-order valence-corrected chi connectivity index (χ4v) is 1.49. The highest BCUT2D eigenvalue weighted by molar-refractivity contribution is 5.72. The Hall–Kier alpha value is -2.12. The number of hydrogen-bond donors (Lipinski definition) is 3. The van der Waals surface area contributed by atoms with Crippen molar-refractivity contribution in [2.45, 2.75) is 31.7 Å². The van der Waals surface area contributed by atoms with E-state index in [0.29, 0.717) is 0 Å². The van der Waals surface area contributed by atoms with Crippen LogP contribution in [0, 0.1) is 0 Å². The van der Waals surface area contributed by atoms with Gasteiger partial charge in [0.2, 0.25) is 0 Å². The van der Waals surface area contributed by atoms with E-state index in [-0.39, 0.29) is 6.61 Å².